The van der Waals surface area contributed by atoms with Gasteiger partial charge in [0.05, 0.1) is 28.1 Å². The number of halogens is 1. The zero-order valence-electron chi connectivity index (χ0n) is 46.2. The van der Waals surface area contributed by atoms with Gasteiger partial charge in [-0.25, -0.2) is 9.37 Å². The Balaban J connectivity index is 1.10. The van der Waals surface area contributed by atoms with Crippen molar-refractivity contribution in [1.29, 1.82) is 0 Å². The van der Waals surface area contributed by atoms with Crippen LogP contribution in [0.4, 0.5) is 27.1 Å². The number of aromatic nitrogens is 2. The zero-order valence-corrected chi connectivity index (χ0v) is 46.2. The first-order chi connectivity index (χ1) is 36.3. The highest BCUT2D eigenvalue weighted by Gasteiger charge is 2.34. The molecule has 3 heterocycles. The molecule has 11 rings (SSSR count). The van der Waals surface area contributed by atoms with Crippen molar-refractivity contribution in [1.82, 2.24) is 9.55 Å². The Labute approximate surface area is 449 Å². The minimum atomic E-state index is -0.256. The van der Waals surface area contributed by atoms with Crippen LogP contribution in [0.2, 0.25) is 0 Å². The predicted octanol–water partition coefficient (Wildman–Crippen LogP) is 19.8. The molecule has 0 amide bonds. The lowest BCUT2D eigenvalue weighted by Crippen LogP contribution is -2.25. The SMILES string of the molecule is Cc1cccc(C)c1-c1cc(Oc2ccc3c4ccccc4n(-c4cc(C(C)(C)C)ccn4)c3c2)cc(N2CN(c3c(-c4ccc(F)cc4)cc(C(C)(C)C)cc3-c3cc(C(C)C)cc(C(C)C)c3)c3ccccc32)c1. The van der Waals surface area contributed by atoms with E-state index in [0.717, 1.165) is 84.1 Å². The number of hydrogen-bond donors (Lipinski definition) is 0. The first-order valence-electron chi connectivity index (χ1n) is 26.9. The van der Waals surface area contributed by atoms with E-state index in [9.17, 15) is 4.39 Å². The van der Waals surface area contributed by atoms with Gasteiger partial charge in [-0.3, -0.25) is 4.57 Å². The first kappa shape index (κ1) is 50.2. The first-order valence-corrected chi connectivity index (χ1v) is 26.9. The summed E-state index contributed by atoms with van der Waals surface area (Å²) in [6, 6.07) is 60.3. The third-order valence-electron chi connectivity index (χ3n) is 15.5. The highest BCUT2D eigenvalue weighted by Crippen LogP contribution is 2.53. The van der Waals surface area contributed by atoms with Crippen LogP contribution in [-0.4, -0.2) is 16.2 Å². The Morgan fingerprint density at radius 3 is 1.79 bits per heavy atom. The molecule has 8 aromatic carbocycles. The fourth-order valence-corrected chi connectivity index (χ4v) is 11.2. The Kier molecular flexibility index (Phi) is 12.8. The fourth-order valence-electron chi connectivity index (χ4n) is 11.2. The van der Waals surface area contributed by atoms with Crippen molar-refractivity contribution in [3.05, 3.63) is 215 Å². The summed E-state index contributed by atoms with van der Waals surface area (Å²) in [6.45, 7) is 27.6. The smallest absolute Gasteiger partial charge is 0.137 e. The number of anilines is 4. The summed E-state index contributed by atoms with van der Waals surface area (Å²) < 4.78 is 24.3. The number of benzene rings is 8. The topological polar surface area (TPSA) is 33.5 Å². The number of pyridine rings is 1. The van der Waals surface area contributed by atoms with E-state index in [-0.39, 0.29) is 16.6 Å². The zero-order chi connectivity index (χ0) is 53.4. The minimum Gasteiger partial charge on any atom is -0.457 e. The van der Waals surface area contributed by atoms with Crippen LogP contribution in [-0.2, 0) is 10.8 Å². The Morgan fingerprint density at radius 2 is 1.13 bits per heavy atom. The summed E-state index contributed by atoms with van der Waals surface area (Å²) in [6.07, 6.45) is 1.92. The number of aryl methyl sites for hydroxylation is 2. The second-order valence-corrected chi connectivity index (χ2v) is 23.6. The van der Waals surface area contributed by atoms with Crippen LogP contribution >= 0.6 is 0 Å². The van der Waals surface area contributed by atoms with E-state index in [1.807, 2.05) is 18.3 Å². The van der Waals surface area contributed by atoms with Gasteiger partial charge in [0.2, 0.25) is 0 Å². The molecule has 0 aliphatic carbocycles. The average molecular weight is 1000 g/mol. The van der Waals surface area contributed by atoms with Gasteiger partial charge in [-0.15, -0.1) is 0 Å². The molecule has 2 aromatic heterocycles. The van der Waals surface area contributed by atoms with E-state index in [4.69, 9.17) is 9.72 Å². The van der Waals surface area contributed by atoms with Gasteiger partial charge in [0.25, 0.3) is 0 Å². The molecule has 0 N–H and O–H groups in total. The number of rotatable bonds is 10. The monoisotopic (exact) mass is 1000 g/mol. The molecule has 382 valence electrons. The molecular formula is C70H69FN4O. The lowest BCUT2D eigenvalue weighted by molar-refractivity contribution is 0.483. The van der Waals surface area contributed by atoms with E-state index >= 15 is 0 Å². The molecule has 0 fully saturated rings. The van der Waals surface area contributed by atoms with Crippen molar-refractivity contribution in [2.45, 2.75) is 106 Å². The van der Waals surface area contributed by atoms with Gasteiger partial charge in [0.1, 0.15) is 29.8 Å². The summed E-state index contributed by atoms with van der Waals surface area (Å²) in [5.41, 5.74) is 20.2. The molecule has 0 saturated heterocycles. The normalized spacial score (nSPS) is 12.9. The standard InChI is InChI=1S/C70H69FN4O/c1-43(2)48-32-49(44(3)4)34-50(33-48)61-38-53(70(10,11)12)37-60(47-24-26-54(71)27-25-47)68(61)74-42-73(63-22-15-16-23-64(63)74)55-35-51(67-45(5)18-17-19-46(67)6)36-57(40-55)76-56-28-29-59-58-20-13-14-21-62(58)75(65(59)41-56)66-39-52(30-31-72-66)69(7,8)9/h13-41,43-44H,42H2,1-12H3. The molecule has 0 saturated carbocycles. The Bertz CT molecular complexity index is 3800. The van der Waals surface area contributed by atoms with Crippen molar-refractivity contribution in [3.63, 3.8) is 0 Å². The minimum absolute atomic E-state index is 0.0448. The van der Waals surface area contributed by atoms with Crippen LogP contribution in [0, 0.1) is 19.7 Å². The Morgan fingerprint density at radius 1 is 0.513 bits per heavy atom. The number of ether oxygens (including phenoxy) is 1. The molecule has 0 radical (unpaired) electrons. The van der Waals surface area contributed by atoms with Gasteiger partial charge in [0, 0.05) is 45.9 Å². The van der Waals surface area contributed by atoms with Crippen LogP contribution in [0.3, 0.4) is 0 Å². The second-order valence-electron chi connectivity index (χ2n) is 23.6. The van der Waals surface area contributed by atoms with Crippen LogP contribution in [0.15, 0.2) is 176 Å². The molecule has 1 aliphatic heterocycles. The molecule has 6 heteroatoms. The molecule has 0 atom stereocenters. The molecule has 0 bridgehead atoms. The number of nitrogens with zero attached hydrogens (tertiary/aromatic N) is 4. The van der Waals surface area contributed by atoms with Crippen LogP contribution in [0.1, 0.15) is 114 Å². The maximum absolute atomic E-state index is 14.9. The maximum atomic E-state index is 14.9. The van der Waals surface area contributed by atoms with Crippen LogP contribution in [0.25, 0.3) is 61.0 Å². The van der Waals surface area contributed by atoms with Gasteiger partial charge in [-0.2, -0.15) is 0 Å². The van der Waals surface area contributed by atoms with E-state index < -0.39 is 0 Å². The van der Waals surface area contributed by atoms with E-state index in [1.165, 1.54) is 44.5 Å². The average Bonchev–Trinajstić information content (AvgIpc) is 3.95. The molecular weight excluding hydrogens is 932 g/mol. The fraction of sp³-hybridized carbons (Fsp3) is 0.243. The van der Waals surface area contributed by atoms with E-state index in [2.05, 4.69) is 243 Å². The third kappa shape index (κ3) is 9.33. The summed E-state index contributed by atoms with van der Waals surface area (Å²) >= 11 is 0. The van der Waals surface area contributed by atoms with E-state index in [0.29, 0.717) is 18.5 Å². The lowest BCUT2D eigenvalue weighted by Gasteiger charge is -2.31. The quantitative estimate of drug-likeness (QED) is 0.137. The van der Waals surface area contributed by atoms with Crippen molar-refractivity contribution in [2.75, 3.05) is 16.5 Å². The van der Waals surface area contributed by atoms with Crippen LogP contribution < -0.4 is 14.5 Å². The summed E-state index contributed by atoms with van der Waals surface area (Å²) in [7, 11) is 0. The highest BCUT2D eigenvalue weighted by atomic mass is 19.1. The van der Waals surface area contributed by atoms with Crippen LogP contribution in [0.5, 0.6) is 11.5 Å². The molecule has 0 spiro atoms. The predicted molar refractivity (Wildman–Crippen MR) is 318 cm³/mol. The van der Waals surface area contributed by atoms with Crippen molar-refractivity contribution in [2.24, 2.45) is 0 Å². The number of para-hydroxylation sites is 3. The molecule has 10 aromatic rings. The molecule has 76 heavy (non-hydrogen) atoms. The van der Waals surface area contributed by atoms with Gasteiger partial charge in [-0.1, -0.05) is 148 Å². The summed E-state index contributed by atoms with van der Waals surface area (Å²) in [4.78, 5) is 9.86. The molecule has 1 aliphatic rings. The molecule has 0 unspecified atom stereocenters. The largest absolute Gasteiger partial charge is 0.457 e. The van der Waals surface area contributed by atoms with Crippen molar-refractivity contribution in [3.8, 4) is 50.7 Å². The second kappa shape index (κ2) is 19.3. The summed E-state index contributed by atoms with van der Waals surface area (Å²) in [5.74, 6) is 2.75. The number of fused-ring (bicyclic) bond motifs is 4. The van der Waals surface area contributed by atoms with Crippen molar-refractivity contribution >= 4 is 44.6 Å². The van der Waals surface area contributed by atoms with Gasteiger partial charge >= 0.3 is 0 Å². The Hall–Kier alpha value is -7.96. The molecule has 5 nitrogen and oxygen atoms in total. The highest BCUT2D eigenvalue weighted by molar-refractivity contribution is 6.09. The van der Waals surface area contributed by atoms with E-state index in [1.54, 1.807) is 12.1 Å². The number of hydrogen-bond acceptors (Lipinski definition) is 4. The van der Waals surface area contributed by atoms with Gasteiger partial charge < -0.3 is 14.5 Å². The summed E-state index contributed by atoms with van der Waals surface area (Å²) in [5, 5.41) is 2.30. The van der Waals surface area contributed by atoms with Crippen molar-refractivity contribution < 1.29 is 9.13 Å². The third-order valence-corrected chi connectivity index (χ3v) is 15.5. The lowest BCUT2D eigenvalue weighted by atomic mass is 9.81. The van der Waals surface area contributed by atoms with Gasteiger partial charge in [-0.05, 0) is 171 Å². The maximum Gasteiger partial charge on any atom is 0.137 e. The van der Waals surface area contributed by atoms with Gasteiger partial charge in [0.15, 0.2) is 0 Å².